The number of carbonyl (C=O) groups is 1. The third-order valence-electron chi connectivity index (χ3n) is 7.01. The number of pyridine rings is 1. The normalized spacial score (nSPS) is 15.1. The Morgan fingerprint density at radius 3 is 2.58 bits per heavy atom. The molecule has 2 atom stereocenters. The molecular weight excluding hydrogens is 483 g/mol. The number of aliphatic carboxylic acids is 1. The molecule has 1 aliphatic rings. The second kappa shape index (κ2) is 9.87. The summed E-state index contributed by atoms with van der Waals surface area (Å²) in [6.45, 7) is 10.1. The average Bonchev–Trinajstić information content (AvgIpc) is 3.29. The SMILES string of the molecule is Cc1nc2c(ccn2[C@@H](C)c2ccc(F)cc2)c(-c2ccc3c(c2)CCCO3)c1[C@H](OC(C)(C)C)C(=O)O. The Morgan fingerprint density at radius 1 is 1.16 bits per heavy atom. The quantitative estimate of drug-likeness (QED) is 0.298. The van der Waals surface area contributed by atoms with Gasteiger partial charge in [-0.15, -0.1) is 0 Å². The number of hydrogen-bond acceptors (Lipinski definition) is 4. The largest absolute Gasteiger partial charge is 0.493 e. The highest BCUT2D eigenvalue weighted by molar-refractivity contribution is 5.98. The summed E-state index contributed by atoms with van der Waals surface area (Å²) in [6, 6.07) is 14.4. The van der Waals surface area contributed by atoms with Gasteiger partial charge in [0.2, 0.25) is 0 Å². The van der Waals surface area contributed by atoms with Crippen LogP contribution in [0.1, 0.15) is 68.6 Å². The van der Waals surface area contributed by atoms with Crippen LogP contribution in [0.5, 0.6) is 5.75 Å². The summed E-state index contributed by atoms with van der Waals surface area (Å²) in [5.41, 5.74) is 4.91. The van der Waals surface area contributed by atoms with E-state index in [4.69, 9.17) is 14.5 Å². The number of benzene rings is 2. The lowest BCUT2D eigenvalue weighted by Gasteiger charge is -2.28. The fourth-order valence-electron chi connectivity index (χ4n) is 5.25. The number of carboxylic acids is 1. The summed E-state index contributed by atoms with van der Waals surface area (Å²) in [5, 5.41) is 11.1. The molecule has 6 nitrogen and oxygen atoms in total. The number of fused-ring (bicyclic) bond motifs is 2. The Balaban J connectivity index is 1.76. The number of nitrogens with zero attached hydrogens (tertiary/aromatic N) is 2. The predicted molar refractivity (Wildman–Crippen MR) is 145 cm³/mol. The maximum absolute atomic E-state index is 13.6. The number of halogens is 1. The van der Waals surface area contributed by atoms with Crippen molar-refractivity contribution in [3.63, 3.8) is 0 Å². The van der Waals surface area contributed by atoms with Crippen LogP contribution in [0.2, 0.25) is 0 Å². The van der Waals surface area contributed by atoms with Crippen molar-refractivity contribution in [2.24, 2.45) is 0 Å². The van der Waals surface area contributed by atoms with Crippen molar-refractivity contribution in [2.45, 2.75) is 65.2 Å². The third kappa shape index (κ3) is 4.90. The Kier molecular flexibility index (Phi) is 6.73. The van der Waals surface area contributed by atoms with Crippen molar-refractivity contribution in [1.82, 2.24) is 9.55 Å². The zero-order valence-corrected chi connectivity index (χ0v) is 22.4. The highest BCUT2D eigenvalue weighted by Gasteiger charge is 2.33. The van der Waals surface area contributed by atoms with Gasteiger partial charge >= 0.3 is 5.97 Å². The van der Waals surface area contributed by atoms with Gasteiger partial charge in [0.1, 0.15) is 17.2 Å². The Hall–Kier alpha value is -3.71. The molecule has 0 spiro atoms. The van der Waals surface area contributed by atoms with Crippen molar-refractivity contribution < 1.29 is 23.8 Å². The van der Waals surface area contributed by atoms with Crippen molar-refractivity contribution >= 4 is 17.0 Å². The van der Waals surface area contributed by atoms with Gasteiger partial charge in [0.25, 0.3) is 0 Å². The van der Waals surface area contributed by atoms with Crippen molar-refractivity contribution in [1.29, 1.82) is 0 Å². The number of hydrogen-bond donors (Lipinski definition) is 1. The second-order valence-electron chi connectivity index (χ2n) is 10.9. The first kappa shape index (κ1) is 25.9. The van der Waals surface area contributed by atoms with E-state index in [1.165, 1.54) is 12.1 Å². The molecular formula is C31H33FN2O4. The molecule has 0 aliphatic carbocycles. The van der Waals surface area contributed by atoms with Crippen LogP contribution >= 0.6 is 0 Å². The maximum atomic E-state index is 13.6. The van der Waals surface area contributed by atoms with Crippen molar-refractivity contribution in [2.75, 3.05) is 6.61 Å². The first-order valence-electron chi connectivity index (χ1n) is 13.0. The molecule has 0 saturated heterocycles. The standard InChI is InChI=1S/C31H33FN2O4/c1-18-26(28(30(35)36)38-31(3,4)5)27(22-10-13-25-21(17-22)7-6-16-37-25)24-14-15-34(29(24)33-18)19(2)20-8-11-23(32)12-9-20/h8-15,17,19,28H,6-7,16H2,1-5H3,(H,35,36)/t19-,28-/m0/s1. The molecule has 7 heteroatoms. The van der Waals surface area contributed by atoms with Gasteiger partial charge in [0, 0.05) is 28.4 Å². The van der Waals surface area contributed by atoms with Gasteiger partial charge in [-0.2, -0.15) is 0 Å². The minimum absolute atomic E-state index is 0.114. The topological polar surface area (TPSA) is 73.6 Å². The number of carboxylic acid groups (broad SMARTS) is 1. The lowest BCUT2D eigenvalue weighted by atomic mass is 9.90. The van der Waals surface area contributed by atoms with Gasteiger partial charge in [0.15, 0.2) is 6.10 Å². The Bertz CT molecular complexity index is 1500. The molecule has 0 bridgehead atoms. The molecule has 0 radical (unpaired) electrons. The van der Waals surface area contributed by atoms with E-state index in [9.17, 15) is 14.3 Å². The zero-order chi connectivity index (χ0) is 27.2. The summed E-state index contributed by atoms with van der Waals surface area (Å²) >= 11 is 0. The second-order valence-corrected chi connectivity index (χ2v) is 10.9. The van der Waals surface area contributed by atoms with Crippen LogP contribution in [0.25, 0.3) is 22.2 Å². The van der Waals surface area contributed by atoms with E-state index in [-0.39, 0.29) is 11.9 Å². The molecule has 4 aromatic rings. The highest BCUT2D eigenvalue weighted by Crippen LogP contribution is 2.42. The number of ether oxygens (including phenoxy) is 2. The molecule has 2 aromatic carbocycles. The van der Waals surface area contributed by atoms with Crippen LogP contribution in [0, 0.1) is 12.7 Å². The van der Waals surface area contributed by atoms with Crippen LogP contribution in [-0.4, -0.2) is 32.8 Å². The van der Waals surface area contributed by atoms with E-state index < -0.39 is 17.7 Å². The van der Waals surface area contributed by atoms with E-state index in [1.54, 1.807) is 12.1 Å². The van der Waals surface area contributed by atoms with Crippen molar-refractivity contribution in [3.8, 4) is 16.9 Å². The molecule has 0 unspecified atom stereocenters. The molecule has 2 aromatic heterocycles. The molecule has 0 fully saturated rings. The summed E-state index contributed by atoms with van der Waals surface area (Å²) in [4.78, 5) is 17.5. The van der Waals surface area contributed by atoms with Crippen LogP contribution in [0.3, 0.4) is 0 Å². The van der Waals surface area contributed by atoms with Gasteiger partial charge in [0.05, 0.1) is 18.2 Å². The smallest absolute Gasteiger partial charge is 0.337 e. The van der Waals surface area contributed by atoms with Crippen LogP contribution in [-0.2, 0) is 16.0 Å². The van der Waals surface area contributed by atoms with Gasteiger partial charge in [-0.3, -0.25) is 0 Å². The van der Waals surface area contributed by atoms with E-state index in [2.05, 4.69) is 6.07 Å². The molecule has 198 valence electrons. The lowest BCUT2D eigenvalue weighted by Crippen LogP contribution is -2.28. The highest BCUT2D eigenvalue weighted by atomic mass is 19.1. The molecule has 38 heavy (non-hydrogen) atoms. The summed E-state index contributed by atoms with van der Waals surface area (Å²) in [6.07, 6.45) is 2.59. The molecule has 5 rings (SSSR count). The van der Waals surface area contributed by atoms with Gasteiger partial charge in [-0.1, -0.05) is 18.2 Å². The summed E-state index contributed by atoms with van der Waals surface area (Å²) < 4.78 is 27.6. The van der Waals surface area contributed by atoms with Crippen LogP contribution in [0.15, 0.2) is 54.7 Å². The van der Waals surface area contributed by atoms with Gasteiger partial charge < -0.3 is 19.1 Å². The molecule has 3 heterocycles. The zero-order valence-electron chi connectivity index (χ0n) is 22.4. The third-order valence-corrected chi connectivity index (χ3v) is 7.01. The minimum Gasteiger partial charge on any atom is -0.493 e. The van der Waals surface area contributed by atoms with Gasteiger partial charge in [-0.25, -0.2) is 14.2 Å². The van der Waals surface area contributed by atoms with E-state index in [0.29, 0.717) is 17.9 Å². The number of aromatic nitrogens is 2. The molecule has 0 amide bonds. The Morgan fingerprint density at radius 2 is 1.89 bits per heavy atom. The maximum Gasteiger partial charge on any atom is 0.337 e. The van der Waals surface area contributed by atoms with Crippen molar-refractivity contribution in [3.05, 3.63) is 82.9 Å². The summed E-state index contributed by atoms with van der Waals surface area (Å²) in [7, 11) is 0. The van der Waals surface area contributed by atoms with Crippen LogP contribution in [0.4, 0.5) is 4.39 Å². The first-order chi connectivity index (χ1) is 18.0. The molecule has 1 N–H and O–H groups in total. The fraction of sp³-hybridized carbons (Fsp3) is 0.355. The van der Waals surface area contributed by atoms with Gasteiger partial charge in [-0.05, 0) is 94.5 Å². The first-order valence-corrected chi connectivity index (χ1v) is 13.0. The average molecular weight is 517 g/mol. The molecule has 0 saturated carbocycles. The van der Waals surface area contributed by atoms with E-state index in [1.807, 2.05) is 63.6 Å². The van der Waals surface area contributed by atoms with Crippen LogP contribution < -0.4 is 4.74 Å². The number of aryl methyl sites for hydroxylation is 2. The van der Waals surface area contributed by atoms with E-state index in [0.717, 1.165) is 51.9 Å². The Labute approximate surface area is 222 Å². The predicted octanol–water partition coefficient (Wildman–Crippen LogP) is 7.03. The minimum atomic E-state index is -1.20. The summed E-state index contributed by atoms with van der Waals surface area (Å²) in [5.74, 6) is -0.480. The van der Waals surface area contributed by atoms with E-state index >= 15 is 0 Å². The fourth-order valence-corrected chi connectivity index (χ4v) is 5.25. The molecule has 1 aliphatic heterocycles. The lowest BCUT2D eigenvalue weighted by molar-refractivity contribution is -0.160. The monoisotopic (exact) mass is 516 g/mol. The number of rotatable bonds is 6.